The second kappa shape index (κ2) is 10.7. The fourth-order valence-electron chi connectivity index (χ4n) is 5.55. The van der Waals surface area contributed by atoms with Crippen LogP contribution in [0.5, 0.6) is 0 Å². The lowest BCUT2D eigenvalue weighted by molar-refractivity contribution is 1.26. The first-order valence-corrected chi connectivity index (χ1v) is 14.0. The molecule has 0 aliphatic carbocycles. The zero-order valence-electron chi connectivity index (χ0n) is 23.0. The van der Waals surface area contributed by atoms with Gasteiger partial charge in [0, 0.05) is 34.1 Å². The maximum Gasteiger partial charge on any atom is 0.0468 e. The molecule has 0 N–H and O–H groups in total. The molecule has 0 spiro atoms. The van der Waals surface area contributed by atoms with E-state index >= 15 is 0 Å². The van der Waals surface area contributed by atoms with Gasteiger partial charge < -0.3 is 9.80 Å². The van der Waals surface area contributed by atoms with E-state index in [1.165, 1.54) is 27.1 Å². The molecule has 0 aliphatic heterocycles. The summed E-state index contributed by atoms with van der Waals surface area (Å²) >= 11 is 0. The number of hydrogen-bond donors (Lipinski definition) is 0. The van der Waals surface area contributed by atoms with Gasteiger partial charge >= 0.3 is 0 Å². The fourth-order valence-corrected chi connectivity index (χ4v) is 5.55. The minimum Gasteiger partial charge on any atom is -0.311 e. The number of aryl methyl sites for hydroxylation is 1. The van der Waals surface area contributed by atoms with E-state index in [0.29, 0.717) is 0 Å². The molecule has 0 saturated heterocycles. The summed E-state index contributed by atoms with van der Waals surface area (Å²) in [4.78, 5) is 4.65. The van der Waals surface area contributed by atoms with Crippen molar-refractivity contribution in [1.29, 1.82) is 0 Å². The van der Waals surface area contributed by atoms with Gasteiger partial charge in [-0.25, -0.2) is 0 Å². The maximum atomic E-state index is 2.35. The van der Waals surface area contributed by atoms with Gasteiger partial charge in [0.2, 0.25) is 0 Å². The van der Waals surface area contributed by atoms with Crippen LogP contribution in [0.25, 0.3) is 21.5 Å². The first kappa shape index (κ1) is 24.7. The van der Waals surface area contributed by atoms with Crippen molar-refractivity contribution in [2.75, 3.05) is 9.80 Å². The normalized spacial score (nSPS) is 11.0. The molecule has 2 nitrogen and oxygen atoms in total. The summed E-state index contributed by atoms with van der Waals surface area (Å²) in [5.74, 6) is 0. The lowest BCUT2D eigenvalue weighted by Gasteiger charge is -2.28. The summed E-state index contributed by atoms with van der Waals surface area (Å²) in [5.41, 5.74) is 7.99. The third kappa shape index (κ3) is 4.92. The predicted octanol–water partition coefficient (Wildman–Crippen LogP) is 11.2. The van der Waals surface area contributed by atoms with E-state index in [4.69, 9.17) is 0 Å². The van der Waals surface area contributed by atoms with Crippen LogP contribution in [0.15, 0.2) is 164 Å². The van der Waals surface area contributed by atoms with Crippen molar-refractivity contribution in [2.45, 2.75) is 6.92 Å². The van der Waals surface area contributed by atoms with Gasteiger partial charge in [0.25, 0.3) is 0 Å². The van der Waals surface area contributed by atoms with E-state index in [9.17, 15) is 0 Å². The average Bonchev–Trinajstić information content (AvgIpc) is 3.03. The zero-order valence-corrected chi connectivity index (χ0v) is 23.0. The molecule has 0 fully saturated rings. The third-order valence-electron chi connectivity index (χ3n) is 7.66. The van der Waals surface area contributed by atoms with E-state index in [1.54, 1.807) is 0 Å². The van der Waals surface area contributed by atoms with E-state index in [-0.39, 0.29) is 0 Å². The molecule has 0 atom stereocenters. The Balaban J connectivity index is 1.35. The third-order valence-corrected chi connectivity index (χ3v) is 7.66. The van der Waals surface area contributed by atoms with E-state index in [2.05, 4.69) is 181 Å². The smallest absolute Gasteiger partial charge is 0.0468 e. The number of fused-ring (bicyclic) bond motifs is 2. The number of hydrogen-bond acceptors (Lipinski definition) is 2. The molecule has 196 valence electrons. The second-order valence-electron chi connectivity index (χ2n) is 10.4. The van der Waals surface area contributed by atoms with Crippen LogP contribution in [-0.2, 0) is 0 Å². The number of rotatable bonds is 6. The summed E-state index contributed by atoms with van der Waals surface area (Å²) < 4.78 is 0. The number of nitrogens with zero attached hydrogens (tertiary/aromatic N) is 2. The van der Waals surface area contributed by atoms with Gasteiger partial charge in [0.05, 0.1) is 0 Å². The Morgan fingerprint density at radius 3 is 1.12 bits per heavy atom. The fraction of sp³-hybridized carbons (Fsp3) is 0.0256. The molecule has 7 aromatic rings. The van der Waals surface area contributed by atoms with Crippen LogP contribution in [0.3, 0.4) is 0 Å². The van der Waals surface area contributed by atoms with Crippen LogP contribution in [0, 0.1) is 6.92 Å². The van der Waals surface area contributed by atoms with Crippen molar-refractivity contribution in [3.05, 3.63) is 169 Å². The van der Waals surface area contributed by atoms with Gasteiger partial charge in [-0.1, -0.05) is 96.6 Å². The molecular formula is C39H30N2. The van der Waals surface area contributed by atoms with E-state index in [0.717, 1.165) is 34.1 Å². The molecule has 0 heterocycles. The maximum absolute atomic E-state index is 2.35. The minimum atomic E-state index is 1.11. The van der Waals surface area contributed by atoms with E-state index < -0.39 is 0 Å². The standard InChI is InChI=1S/C39H30N2/c1-29-15-19-35(20-16-29)40(34-13-3-2-4-14-34)36-23-25-37(26-24-36)41(38-21-17-30-9-5-7-11-32(30)27-38)39-22-18-31-10-6-8-12-33(31)28-39/h2-28H,1H3. The van der Waals surface area contributed by atoms with Crippen LogP contribution in [0.4, 0.5) is 34.1 Å². The van der Waals surface area contributed by atoms with Gasteiger partial charge in [-0.3, -0.25) is 0 Å². The van der Waals surface area contributed by atoms with Crippen molar-refractivity contribution in [2.24, 2.45) is 0 Å². The molecule has 0 aromatic heterocycles. The van der Waals surface area contributed by atoms with Crippen LogP contribution in [0.1, 0.15) is 5.56 Å². The summed E-state index contributed by atoms with van der Waals surface area (Å²) in [6.07, 6.45) is 0. The lowest BCUT2D eigenvalue weighted by atomic mass is 10.1. The topological polar surface area (TPSA) is 6.48 Å². The van der Waals surface area contributed by atoms with Crippen LogP contribution in [-0.4, -0.2) is 0 Å². The Labute approximate surface area is 241 Å². The highest BCUT2D eigenvalue weighted by atomic mass is 15.2. The molecule has 7 aromatic carbocycles. The van der Waals surface area contributed by atoms with Gasteiger partial charge in [-0.2, -0.15) is 0 Å². The SMILES string of the molecule is Cc1ccc(N(c2ccccc2)c2ccc(N(c3ccc4ccccc4c3)c3ccc4ccccc4c3)cc2)cc1. The van der Waals surface area contributed by atoms with Crippen molar-refractivity contribution in [3.8, 4) is 0 Å². The minimum absolute atomic E-state index is 1.11. The Bertz CT molecular complexity index is 1860. The number of para-hydroxylation sites is 1. The highest BCUT2D eigenvalue weighted by Gasteiger charge is 2.16. The van der Waals surface area contributed by atoms with Crippen LogP contribution < -0.4 is 9.80 Å². The van der Waals surface area contributed by atoms with Crippen molar-refractivity contribution >= 4 is 55.7 Å². The first-order chi connectivity index (χ1) is 20.2. The molecule has 0 aliphatic rings. The van der Waals surface area contributed by atoms with Crippen molar-refractivity contribution in [1.82, 2.24) is 0 Å². The molecule has 0 amide bonds. The Kier molecular flexibility index (Phi) is 6.42. The zero-order chi connectivity index (χ0) is 27.6. The quantitative estimate of drug-likeness (QED) is 0.213. The Morgan fingerprint density at radius 2 is 0.634 bits per heavy atom. The predicted molar refractivity (Wildman–Crippen MR) is 176 cm³/mol. The molecule has 41 heavy (non-hydrogen) atoms. The van der Waals surface area contributed by atoms with Gasteiger partial charge in [-0.05, 0) is 101 Å². The lowest BCUT2D eigenvalue weighted by Crippen LogP contribution is -2.12. The van der Waals surface area contributed by atoms with Crippen molar-refractivity contribution < 1.29 is 0 Å². The summed E-state index contributed by atoms with van der Waals surface area (Å²) in [6.45, 7) is 2.12. The number of benzene rings is 7. The molecule has 0 saturated carbocycles. The monoisotopic (exact) mass is 526 g/mol. The van der Waals surface area contributed by atoms with Crippen molar-refractivity contribution in [3.63, 3.8) is 0 Å². The second-order valence-corrected chi connectivity index (χ2v) is 10.4. The molecule has 7 rings (SSSR count). The molecule has 0 radical (unpaired) electrons. The molecular weight excluding hydrogens is 496 g/mol. The summed E-state index contributed by atoms with van der Waals surface area (Å²) in [7, 11) is 0. The van der Waals surface area contributed by atoms with Gasteiger partial charge in [-0.15, -0.1) is 0 Å². The Hall–Kier alpha value is -5.34. The molecule has 0 unspecified atom stereocenters. The van der Waals surface area contributed by atoms with Crippen LogP contribution in [0.2, 0.25) is 0 Å². The van der Waals surface area contributed by atoms with E-state index in [1.807, 2.05) is 0 Å². The number of anilines is 6. The summed E-state index contributed by atoms with van der Waals surface area (Å²) in [6, 6.07) is 58.6. The van der Waals surface area contributed by atoms with Crippen LogP contribution >= 0.6 is 0 Å². The highest BCUT2D eigenvalue weighted by Crippen LogP contribution is 2.40. The molecule has 0 bridgehead atoms. The average molecular weight is 527 g/mol. The highest BCUT2D eigenvalue weighted by molar-refractivity contribution is 5.92. The largest absolute Gasteiger partial charge is 0.311 e. The van der Waals surface area contributed by atoms with Gasteiger partial charge in [0.1, 0.15) is 0 Å². The molecule has 2 heteroatoms. The first-order valence-electron chi connectivity index (χ1n) is 14.0. The summed E-state index contributed by atoms with van der Waals surface area (Å²) in [5, 5.41) is 4.92. The van der Waals surface area contributed by atoms with Gasteiger partial charge in [0.15, 0.2) is 0 Å². The Morgan fingerprint density at radius 1 is 0.293 bits per heavy atom.